The summed E-state index contributed by atoms with van der Waals surface area (Å²) in [6.07, 6.45) is 0.510. The molecule has 4 aromatic rings. The molecular weight excluding hydrogens is 536 g/mol. The number of ether oxygens (including phenoxy) is 1. The second-order valence-corrected chi connectivity index (χ2v) is 10.5. The second kappa shape index (κ2) is 14.4. The molecule has 0 amide bonds. The summed E-state index contributed by atoms with van der Waals surface area (Å²) in [5, 5.41) is 0. The Bertz CT molecular complexity index is 1200. The summed E-state index contributed by atoms with van der Waals surface area (Å²) in [7, 11) is 1.43. The van der Waals surface area contributed by atoms with Crippen molar-refractivity contribution in [3.05, 3.63) is 144 Å². The smallest absolute Gasteiger partial charge is 0.330 e. The van der Waals surface area contributed by atoms with E-state index in [1.807, 2.05) is 72.8 Å². The van der Waals surface area contributed by atoms with Crippen LogP contribution in [0.3, 0.4) is 0 Å². The molecule has 5 heteroatoms. The van der Waals surface area contributed by atoms with Crippen LogP contribution in [0.5, 0.6) is 0 Å². The lowest BCUT2D eigenvalue weighted by molar-refractivity contribution is -0.142. The molecule has 0 aliphatic carbocycles. The van der Waals surface area contributed by atoms with Crippen molar-refractivity contribution < 1.29 is 9.53 Å². The number of rotatable bonds is 12. The van der Waals surface area contributed by atoms with Crippen molar-refractivity contribution in [3.8, 4) is 0 Å². The molecule has 0 aromatic heterocycles. The maximum atomic E-state index is 12.9. The summed E-state index contributed by atoms with van der Waals surface area (Å²) in [4.78, 5) is 20.4. The molecule has 0 spiro atoms. The highest BCUT2D eigenvalue weighted by Crippen LogP contribution is 2.20. The van der Waals surface area contributed by atoms with Gasteiger partial charge in [-0.25, -0.2) is 4.79 Å². The first-order valence-electron chi connectivity index (χ1n) is 12.8. The Labute approximate surface area is 234 Å². The van der Waals surface area contributed by atoms with Crippen molar-refractivity contribution >= 4 is 27.6 Å². The van der Waals surface area contributed by atoms with Crippen LogP contribution in [-0.4, -0.2) is 41.1 Å². The van der Waals surface area contributed by atoms with Gasteiger partial charge < -0.3 is 4.74 Å². The number of methoxy groups -OCH3 is 1. The number of carbonyl (C=O) groups excluding carboxylic acids is 1. The molecule has 4 aromatic carbocycles. The third kappa shape index (κ3) is 8.23. The summed E-state index contributed by atoms with van der Waals surface area (Å²) in [5.74, 6) is -0.337. The lowest BCUT2D eigenvalue weighted by atomic mass is 10.0. The number of hydrogen-bond donors (Lipinski definition) is 0. The summed E-state index contributed by atoms with van der Waals surface area (Å²) >= 11 is 3.89. The number of nitrogens with zero attached hydrogens (tertiary/aromatic N) is 2. The van der Waals surface area contributed by atoms with Gasteiger partial charge in [0.25, 0.3) is 0 Å². The molecule has 0 aliphatic rings. The Morgan fingerprint density at radius 1 is 0.737 bits per heavy atom. The standard InChI is InChI=1S/C33H33BrN2O2/c1-38-33(37)31(35-32(28-18-10-4-11-19-28)29-20-12-5-13-21-29)22-30(34)25-36(23-26-14-6-2-7-15-26)24-27-16-8-3-9-17-27/h2-21,30-31H,22-25H2,1H3. The summed E-state index contributed by atoms with van der Waals surface area (Å²) in [6.45, 7) is 2.37. The maximum absolute atomic E-state index is 12.9. The Kier molecular flexibility index (Phi) is 10.4. The molecule has 194 valence electrons. The van der Waals surface area contributed by atoms with Crippen LogP contribution >= 0.6 is 15.9 Å². The highest BCUT2D eigenvalue weighted by Gasteiger charge is 2.25. The zero-order valence-corrected chi connectivity index (χ0v) is 23.2. The van der Waals surface area contributed by atoms with Gasteiger partial charge >= 0.3 is 5.97 Å². The predicted octanol–water partition coefficient (Wildman–Crippen LogP) is 6.92. The second-order valence-electron chi connectivity index (χ2n) is 9.22. The van der Waals surface area contributed by atoms with E-state index in [-0.39, 0.29) is 10.8 Å². The van der Waals surface area contributed by atoms with Crippen LogP contribution in [-0.2, 0) is 22.6 Å². The molecule has 4 rings (SSSR count). The minimum Gasteiger partial charge on any atom is -0.467 e. The van der Waals surface area contributed by atoms with Crippen LogP contribution in [0.2, 0.25) is 0 Å². The van der Waals surface area contributed by atoms with Gasteiger partial charge in [0.05, 0.1) is 12.8 Å². The maximum Gasteiger partial charge on any atom is 0.330 e. The summed E-state index contributed by atoms with van der Waals surface area (Å²) < 4.78 is 5.20. The monoisotopic (exact) mass is 568 g/mol. The third-order valence-corrected chi connectivity index (χ3v) is 6.95. The number of alkyl halides is 1. The van der Waals surface area contributed by atoms with E-state index < -0.39 is 6.04 Å². The van der Waals surface area contributed by atoms with E-state index >= 15 is 0 Å². The van der Waals surface area contributed by atoms with Crippen LogP contribution in [0, 0.1) is 0 Å². The molecule has 0 saturated heterocycles. The van der Waals surface area contributed by atoms with Gasteiger partial charge in [0.2, 0.25) is 0 Å². The first-order chi connectivity index (χ1) is 18.6. The molecular formula is C33H33BrN2O2. The summed E-state index contributed by atoms with van der Waals surface area (Å²) in [5.41, 5.74) is 5.22. The molecule has 0 aliphatic heterocycles. The van der Waals surface area contributed by atoms with E-state index in [0.717, 1.165) is 36.5 Å². The highest BCUT2D eigenvalue weighted by molar-refractivity contribution is 9.09. The molecule has 2 unspecified atom stereocenters. The van der Waals surface area contributed by atoms with Crippen molar-refractivity contribution in [1.29, 1.82) is 0 Å². The minimum absolute atomic E-state index is 0.0237. The first kappa shape index (κ1) is 27.5. The lowest BCUT2D eigenvalue weighted by Gasteiger charge is -2.26. The van der Waals surface area contributed by atoms with Gasteiger partial charge in [-0.3, -0.25) is 9.89 Å². The van der Waals surface area contributed by atoms with Gasteiger partial charge in [0.1, 0.15) is 6.04 Å². The van der Waals surface area contributed by atoms with E-state index in [9.17, 15) is 4.79 Å². The number of aliphatic imine (C=N–C) groups is 1. The molecule has 2 atom stereocenters. The topological polar surface area (TPSA) is 41.9 Å². The van der Waals surface area contributed by atoms with Crippen LogP contribution in [0.25, 0.3) is 0 Å². The van der Waals surface area contributed by atoms with Crippen LogP contribution in [0.15, 0.2) is 126 Å². The van der Waals surface area contributed by atoms with Crippen LogP contribution in [0.1, 0.15) is 28.7 Å². The highest BCUT2D eigenvalue weighted by atomic mass is 79.9. The average molecular weight is 570 g/mol. The molecule has 38 heavy (non-hydrogen) atoms. The quantitative estimate of drug-likeness (QED) is 0.106. The molecule has 0 fully saturated rings. The van der Waals surface area contributed by atoms with Gasteiger partial charge in [-0.15, -0.1) is 0 Å². The minimum atomic E-state index is -0.643. The van der Waals surface area contributed by atoms with Gasteiger partial charge in [-0.2, -0.15) is 0 Å². The van der Waals surface area contributed by atoms with Crippen LogP contribution in [0.4, 0.5) is 0 Å². The zero-order chi connectivity index (χ0) is 26.6. The van der Waals surface area contributed by atoms with Crippen LogP contribution < -0.4 is 0 Å². The summed E-state index contributed by atoms with van der Waals surface area (Å²) in [6, 6.07) is 40.3. The fourth-order valence-electron chi connectivity index (χ4n) is 4.47. The molecule has 0 bridgehead atoms. The number of benzene rings is 4. The molecule has 4 nitrogen and oxygen atoms in total. The lowest BCUT2D eigenvalue weighted by Crippen LogP contribution is -2.33. The van der Waals surface area contributed by atoms with E-state index in [4.69, 9.17) is 9.73 Å². The predicted molar refractivity (Wildman–Crippen MR) is 159 cm³/mol. The molecule has 0 heterocycles. The zero-order valence-electron chi connectivity index (χ0n) is 21.6. The number of carbonyl (C=O) groups is 1. The normalized spacial score (nSPS) is 12.5. The Balaban J connectivity index is 1.57. The van der Waals surface area contributed by atoms with Gasteiger partial charge in [0.15, 0.2) is 0 Å². The van der Waals surface area contributed by atoms with E-state index in [1.165, 1.54) is 18.2 Å². The molecule has 0 radical (unpaired) electrons. The average Bonchev–Trinajstić information content (AvgIpc) is 2.96. The fourth-order valence-corrected chi connectivity index (χ4v) is 5.23. The number of hydrogen-bond acceptors (Lipinski definition) is 4. The van der Waals surface area contributed by atoms with Crippen molar-refractivity contribution in [3.63, 3.8) is 0 Å². The van der Waals surface area contributed by atoms with Crippen molar-refractivity contribution in [2.24, 2.45) is 4.99 Å². The van der Waals surface area contributed by atoms with Gasteiger partial charge in [-0.05, 0) is 17.5 Å². The third-order valence-electron chi connectivity index (χ3n) is 6.29. The van der Waals surface area contributed by atoms with E-state index in [0.29, 0.717) is 6.42 Å². The van der Waals surface area contributed by atoms with Crippen molar-refractivity contribution in [2.45, 2.75) is 30.4 Å². The Morgan fingerprint density at radius 3 is 1.58 bits per heavy atom. The van der Waals surface area contributed by atoms with Gasteiger partial charge in [-0.1, -0.05) is 137 Å². The molecule has 0 saturated carbocycles. The van der Waals surface area contributed by atoms with E-state index in [2.05, 4.69) is 69.4 Å². The first-order valence-corrected chi connectivity index (χ1v) is 13.7. The number of esters is 1. The van der Waals surface area contributed by atoms with Crippen molar-refractivity contribution in [2.75, 3.05) is 13.7 Å². The van der Waals surface area contributed by atoms with Crippen molar-refractivity contribution in [1.82, 2.24) is 4.90 Å². The Morgan fingerprint density at radius 2 is 1.16 bits per heavy atom. The van der Waals surface area contributed by atoms with E-state index in [1.54, 1.807) is 0 Å². The molecule has 0 N–H and O–H groups in total. The Hall–Kier alpha value is -3.54. The fraction of sp³-hybridized carbons (Fsp3) is 0.212. The van der Waals surface area contributed by atoms with Gasteiger partial charge in [0, 0.05) is 35.6 Å². The SMILES string of the molecule is COC(=O)C(CC(Br)CN(Cc1ccccc1)Cc1ccccc1)N=C(c1ccccc1)c1ccccc1. The largest absolute Gasteiger partial charge is 0.467 e. The number of halogens is 1.